The van der Waals surface area contributed by atoms with Crippen LogP contribution >= 0.6 is 0 Å². The highest BCUT2D eigenvalue weighted by Gasteiger charge is 2.23. The number of nitrogens with two attached hydrogens (primary N) is 1. The van der Waals surface area contributed by atoms with E-state index in [1.54, 1.807) is 0 Å². The molecule has 0 aromatic heterocycles. The molecular weight excluding hydrogens is 243 g/mol. The third-order valence-corrected chi connectivity index (χ3v) is 4.08. The predicted octanol–water partition coefficient (Wildman–Crippen LogP) is 2.62. The van der Waals surface area contributed by atoms with E-state index in [0.717, 1.165) is 32.2 Å². The summed E-state index contributed by atoms with van der Waals surface area (Å²) in [7, 11) is 0. The van der Waals surface area contributed by atoms with Crippen molar-refractivity contribution in [1.82, 2.24) is 4.90 Å². The lowest BCUT2D eigenvalue weighted by Gasteiger charge is -2.35. The van der Waals surface area contributed by atoms with E-state index < -0.39 is 0 Å². The molecule has 1 aromatic carbocycles. The van der Waals surface area contributed by atoms with Gasteiger partial charge in [-0.1, -0.05) is 6.92 Å². The molecule has 0 saturated heterocycles. The highest BCUT2D eigenvalue weighted by molar-refractivity contribution is 5.32. The summed E-state index contributed by atoms with van der Waals surface area (Å²) in [5.74, 6) is -0.123. The van der Waals surface area contributed by atoms with Crippen LogP contribution in [-0.4, -0.2) is 28.6 Å². The third-order valence-electron chi connectivity index (χ3n) is 4.08. The molecule has 0 amide bonds. The Balaban J connectivity index is 2.04. The molecule has 1 aliphatic rings. The molecule has 0 bridgehead atoms. The van der Waals surface area contributed by atoms with E-state index in [-0.39, 0.29) is 11.6 Å². The molecule has 0 unspecified atom stereocenters. The Morgan fingerprint density at radius 3 is 2.63 bits per heavy atom. The lowest BCUT2D eigenvalue weighted by atomic mass is 9.90. The molecule has 19 heavy (non-hydrogen) atoms. The van der Waals surface area contributed by atoms with E-state index in [2.05, 4.69) is 11.8 Å². The van der Waals surface area contributed by atoms with Gasteiger partial charge in [-0.2, -0.15) is 0 Å². The van der Waals surface area contributed by atoms with Crippen molar-refractivity contribution in [1.29, 1.82) is 0 Å². The fourth-order valence-corrected chi connectivity index (χ4v) is 2.87. The summed E-state index contributed by atoms with van der Waals surface area (Å²) in [5, 5.41) is 9.81. The van der Waals surface area contributed by atoms with Crippen molar-refractivity contribution in [3.05, 3.63) is 29.6 Å². The Labute approximate surface area is 114 Å². The summed E-state index contributed by atoms with van der Waals surface area (Å²) >= 11 is 0. The monoisotopic (exact) mass is 266 g/mol. The fraction of sp³-hybridized carbons (Fsp3) is 0.600. The van der Waals surface area contributed by atoms with Crippen molar-refractivity contribution < 1.29 is 9.50 Å². The van der Waals surface area contributed by atoms with Crippen molar-refractivity contribution >= 4 is 0 Å². The normalized spacial score (nSPS) is 23.8. The van der Waals surface area contributed by atoms with Gasteiger partial charge in [-0.3, -0.25) is 4.90 Å². The average molecular weight is 266 g/mol. The number of hydrogen-bond acceptors (Lipinski definition) is 3. The first-order valence-electron chi connectivity index (χ1n) is 7.07. The predicted molar refractivity (Wildman–Crippen MR) is 74.4 cm³/mol. The summed E-state index contributed by atoms with van der Waals surface area (Å²) in [4.78, 5) is 2.31. The van der Waals surface area contributed by atoms with Gasteiger partial charge in [-0.25, -0.2) is 4.39 Å². The van der Waals surface area contributed by atoms with Crippen LogP contribution < -0.4 is 5.73 Å². The summed E-state index contributed by atoms with van der Waals surface area (Å²) in [6, 6.07) is 4.96. The molecule has 0 aliphatic heterocycles. The Kier molecular flexibility index (Phi) is 4.77. The van der Waals surface area contributed by atoms with E-state index in [4.69, 9.17) is 5.73 Å². The Morgan fingerprint density at radius 1 is 1.32 bits per heavy atom. The van der Waals surface area contributed by atoms with Crippen LogP contribution in [0.2, 0.25) is 0 Å². The first kappa shape index (κ1) is 14.3. The van der Waals surface area contributed by atoms with Crippen LogP contribution in [0.15, 0.2) is 18.2 Å². The zero-order chi connectivity index (χ0) is 13.8. The standard InChI is InChI=1S/C15H23FN2O/c1-2-18(14-6-4-13(17)5-7-14)10-11-9-12(16)3-8-15(11)19/h3,8-9,13-14,19H,2,4-7,10,17H2,1H3. The van der Waals surface area contributed by atoms with E-state index in [9.17, 15) is 9.50 Å². The van der Waals surface area contributed by atoms with Crippen molar-refractivity contribution in [2.45, 2.75) is 51.2 Å². The molecule has 1 fully saturated rings. The van der Waals surface area contributed by atoms with Gasteiger partial charge < -0.3 is 10.8 Å². The number of rotatable bonds is 4. The summed E-state index contributed by atoms with van der Waals surface area (Å²) in [6.07, 6.45) is 4.28. The van der Waals surface area contributed by atoms with Gasteiger partial charge in [0.15, 0.2) is 0 Å². The largest absolute Gasteiger partial charge is 0.508 e. The SMILES string of the molecule is CCN(Cc1cc(F)ccc1O)C1CCC(N)CC1. The minimum Gasteiger partial charge on any atom is -0.508 e. The first-order chi connectivity index (χ1) is 9.10. The second-order valence-corrected chi connectivity index (χ2v) is 5.40. The number of aromatic hydroxyl groups is 1. The lowest BCUT2D eigenvalue weighted by Crippen LogP contribution is -2.40. The molecule has 0 atom stereocenters. The van der Waals surface area contributed by atoms with Crippen molar-refractivity contribution in [2.24, 2.45) is 5.73 Å². The highest BCUT2D eigenvalue weighted by Crippen LogP contribution is 2.26. The maximum Gasteiger partial charge on any atom is 0.123 e. The van der Waals surface area contributed by atoms with Gasteiger partial charge in [0.05, 0.1) is 0 Å². The van der Waals surface area contributed by atoms with Gasteiger partial charge in [0.2, 0.25) is 0 Å². The van der Waals surface area contributed by atoms with Crippen LogP contribution in [0.4, 0.5) is 4.39 Å². The first-order valence-corrected chi connectivity index (χ1v) is 7.07. The lowest BCUT2D eigenvalue weighted by molar-refractivity contribution is 0.148. The number of phenolic OH excluding ortho intramolecular Hbond substituents is 1. The van der Waals surface area contributed by atoms with E-state index >= 15 is 0 Å². The summed E-state index contributed by atoms with van der Waals surface area (Å²) in [6.45, 7) is 3.60. The van der Waals surface area contributed by atoms with Crippen LogP contribution in [0.3, 0.4) is 0 Å². The molecule has 4 heteroatoms. The molecule has 2 rings (SSSR count). The number of halogens is 1. The zero-order valence-corrected chi connectivity index (χ0v) is 11.5. The molecule has 3 nitrogen and oxygen atoms in total. The van der Waals surface area contributed by atoms with Gasteiger partial charge in [-0.15, -0.1) is 0 Å². The second kappa shape index (κ2) is 6.35. The van der Waals surface area contributed by atoms with Crippen LogP contribution in [-0.2, 0) is 6.54 Å². The van der Waals surface area contributed by atoms with E-state index in [1.807, 2.05) is 0 Å². The molecule has 0 radical (unpaired) electrons. The maximum atomic E-state index is 13.2. The van der Waals surface area contributed by atoms with E-state index in [0.29, 0.717) is 24.2 Å². The second-order valence-electron chi connectivity index (χ2n) is 5.40. The smallest absolute Gasteiger partial charge is 0.123 e. The third kappa shape index (κ3) is 3.67. The van der Waals surface area contributed by atoms with Crippen molar-refractivity contribution in [3.8, 4) is 5.75 Å². The zero-order valence-electron chi connectivity index (χ0n) is 11.5. The number of phenols is 1. The van der Waals surface area contributed by atoms with Crippen LogP contribution in [0.1, 0.15) is 38.2 Å². The Bertz CT molecular complexity index is 417. The fourth-order valence-electron chi connectivity index (χ4n) is 2.87. The van der Waals surface area contributed by atoms with E-state index in [1.165, 1.54) is 18.2 Å². The van der Waals surface area contributed by atoms with Crippen LogP contribution in [0.25, 0.3) is 0 Å². The molecular formula is C15H23FN2O. The van der Waals surface area contributed by atoms with Gasteiger partial charge in [0.25, 0.3) is 0 Å². The minimum atomic E-state index is -0.297. The Morgan fingerprint density at radius 2 is 2.00 bits per heavy atom. The van der Waals surface area contributed by atoms with Crippen LogP contribution in [0, 0.1) is 5.82 Å². The quantitative estimate of drug-likeness (QED) is 0.880. The topological polar surface area (TPSA) is 49.5 Å². The van der Waals surface area contributed by atoms with Gasteiger partial charge in [-0.05, 0) is 50.4 Å². The minimum absolute atomic E-state index is 0.173. The molecule has 106 valence electrons. The highest BCUT2D eigenvalue weighted by atomic mass is 19.1. The molecule has 3 N–H and O–H groups in total. The van der Waals surface area contributed by atoms with Gasteiger partial charge in [0, 0.05) is 24.2 Å². The summed E-state index contributed by atoms with van der Waals surface area (Å²) in [5.41, 5.74) is 6.59. The number of nitrogens with zero attached hydrogens (tertiary/aromatic N) is 1. The van der Waals surface area contributed by atoms with Crippen LogP contribution in [0.5, 0.6) is 5.75 Å². The molecule has 0 spiro atoms. The number of hydrogen-bond donors (Lipinski definition) is 2. The number of benzene rings is 1. The Hall–Kier alpha value is -1.13. The average Bonchev–Trinajstić information content (AvgIpc) is 2.41. The molecule has 1 saturated carbocycles. The summed E-state index contributed by atoms with van der Waals surface area (Å²) < 4.78 is 13.2. The van der Waals surface area contributed by atoms with Crippen molar-refractivity contribution in [3.63, 3.8) is 0 Å². The van der Waals surface area contributed by atoms with Crippen molar-refractivity contribution in [2.75, 3.05) is 6.54 Å². The molecule has 0 heterocycles. The maximum absolute atomic E-state index is 13.2. The van der Waals surface area contributed by atoms with Gasteiger partial charge >= 0.3 is 0 Å². The van der Waals surface area contributed by atoms with Gasteiger partial charge in [0.1, 0.15) is 11.6 Å². The molecule has 1 aliphatic carbocycles. The molecule has 1 aromatic rings.